The van der Waals surface area contributed by atoms with Gasteiger partial charge in [0.2, 0.25) is 5.82 Å². The lowest BCUT2D eigenvalue weighted by Crippen LogP contribution is -1.90. The SMILES string of the molecule is COc1ccc(-c2nc(-c3ccc4nnc(C)n4c3)no2)c(C)c1. The summed E-state index contributed by atoms with van der Waals surface area (Å²) in [4.78, 5) is 4.52. The highest BCUT2D eigenvalue weighted by Crippen LogP contribution is 2.27. The second-order valence-corrected chi connectivity index (χ2v) is 5.50. The van der Waals surface area contributed by atoms with Crippen LogP contribution in [-0.2, 0) is 0 Å². The monoisotopic (exact) mass is 321 g/mol. The predicted molar refractivity (Wildman–Crippen MR) is 87.7 cm³/mol. The first-order valence-electron chi connectivity index (χ1n) is 7.46. The molecule has 0 saturated heterocycles. The van der Waals surface area contributed by atoms with Gasteiger partial charge in [0.05, 0.1) is 7.11 Å². The molecule has 7 nitrogen and oxygen atoms in total. The Kier molecular flexibility index (Phi) is 3.26. The summed E-state index contributed by atoms with van der Waals surface area (Å²) in [6, 6.07) is 9.51. The van der Waals surface area contributed by atoms with Gasteiger partial charge in [-0.1, -0.05) is 5.16 Å². The molecule has 0 aliphatic heterocycles. The zero-order valence-corrected chi connectivity index (χ0v) is 13.5. The first-order valence-corrected chi connectivity index (χ1v) is 7.46. The van der Waals surface area contributed by atoms with Crippen LogP contribution in [0.5, 0.6) is 5.75 Å². The molecule has 0 amide bonds. The minimum atomic E-state index is 0.478. The average Bonchev–Trinajstić information content (AvgIpc) is 3.22. The van der Waals surface area contributed by atoms with E-state index in [1.54, 1.807) is 7.11 Å². The highest BCUT2D eigenvalue weighted by molar-refractivity contribution is 5.64. The van der Waals surface area contributed by atoms with Crippen LogP contribution in [0.3, 0.4) is 0 Å². The first-order chi connectivity index (χ1) is 11.7. The number of nitrogens with zero attached hydrogens (tertiary/aromatic N) is 5. The Bertz CT molecular complexity index is 1030. The topological polar surface area (TPSA) is 78.3 Å². The minimum absolute atomic E-state index is 0.478. The van der Waals surface area contributed by atoms with Crippen molar-refractivity contribution in [2.75, 3.05) is 7.11 Å². The Morgan fingerprint density at radius 2 is 1.96 bits per heavy atom. The molecule has 3 aromatic heterocycles. The fourth-order valence-electron chi connectivity index (χ4n) is 2.59. The summed E-state index contributed by atoms with van der Waals surface area (Å²) >= 11 is 0. The number of hydrogen-bond donors (Lipinski definition) is 0. The zero-order chi connectivity index (χ0) is 16.7. The third-order valence-corrected chi connectivity index (χ3v) is 3.92. The number of rotatable bonds is 3. The molecule has 24 heavy (non-hydrogen) atoms. The summed E-state index contributed by atoms with van der Waals surface area (Å²) in [7, 11) is 1.64. The summed E-state index contributed by atoms with van der Waals surface area (Å²) in [5.41, 5.74) is 3.52. The van der Waals surface area contributed by atoms with Crippen LogP contribution in [0, 0.1) is 13.8 Å². The van der Waals surface area contributed by atoms with Crippen LogP contribution < -0.4 is 4.74 Å². The molecule has 0 atom stereocenters. The summed E-state index contributed by atoms with van der Waals surface area (Å²) in [6.07, 6.45) is 1.90. The van der Waals surface area contributed by atoms with Crippen molar-refractivity contribution in [3.8, 4) is 28.6 Å². The van der Waals surface area contributed by atoms with Crippen molar-refractivity contribution >= 4 is 5.65 Å². The zero-order valence-electron chi connectivity index (χ0n) is 13.5. The normalized spacial score (nSPS) is 11.1. The standard InChI is InChI=1S/C17H15N5O2/c1-10-8-13(23-3)5-6-14(10)17-18-16(21-24-17)12-4-7-15-20-19-11(2)22(15)9-12/h4-9H,1-3H3. The van der Waals surface area contributed by atoms with Crippen LogP contribution in [0.2, 0.25) is 0 Å². The molecule has 7 heteroatoms. The van der Waals surface area contributed by atoms with Crippen LogP contribution in [-0.4, -0.2) is 31.8 Å². The van der Waals surface area contributed by atoms with E-state index in [4.69, 9.17) is 9.26 Å². The van der Waals surface area contributed by atoms with E-state index in [1.807, 2.05) is 54.8 Å². The van der Waals surface area contributed by atoms with Gasteiger partial charge in [0.15, 0.2) is 5.65 Å². The lowest BCUT2D eigenvalue weighted by molar-refractivity contribution is 0.414. The van der Waals surface area contributed by atoms with Crippen LogP contribution in [0.15, 0.2) is 41.1 Å². The number of aryl methyl sites for hydroxylation is 2. The van der Waals surface area contributed by atoms with E-state index >= 15 is 0 Å². The van der Waals surface area contributed by atoms with Crippen molar-refractivity contribution in [1.82, 2.24) is 24.7 Å². The third-order valence-electron chi connectivity index (χ3n) is 3.92. The van der Waals surface area contributed by atoms with Gasteiger partial charge in [-0.2, -0.15) is 4.98 Å². The number of methoxy groups -OCH3 is 1. The maximum Gasteiger partial charge on any atom is 0.258 e. The lowest BCUT2D eigenvalue weighted by Gasteiger charge is -2.03. The molecular weight excluding hydrogens is 306 g/mol. The molecule has 4 aromatic rings. The van der Waals surface area contributed by atoms with E-state index in [1.165, 1.54) is 0 Å². The Morgan fingerprint density at radius 3 is 2.75 bits per heavy atom. The van der Waals surface area contributed by atoms with E-state index in [0.717, 1.165) is 33.9 Å². The number of fused-ring (bicyclic) bond motifs is 1. The van der Waals surface area contributed by atoms with Crippen molar-refractivity contribution in [3.63, 3.8) is 0 Å². The van der Waals surface area contributed by atoms with E-state index in [0.29, 0.717) is 11.7 Å². The molecule has 3 heterocycles. The summed E-state index contributed by atoms with van der Waals surface area (Å²) in [5.74, 6) is 2.60. The van der Waals surface area contributed by atoms with Crippen LogP contribution in [0.25, 0.3) is 28.5 Å². The molecule has 0 N–H and O–H groups in total. The molecule has 0 radical (unpaired) electrons. The van der Waals surface area contributed by atoms with E-state index in [9.17, 15) is 0 Å². The maximum absolute atomic E-state index is 5.44. The molecule has 0 bridgehead atoms. The summed E-state index contributed by atoms with van der Waals surface area (Å²) in [5, 5.41) is 12.2. The van der Waals surface area contributed by atoms with Gasteiger partial charge in [0.1, 0.15) is 11.6 Å². The van der Waals surface area contributed by atoms with E-state index in [2.05, 4.69) is 20.3 Å². The molecule has 4 rings (SSSR count). The van der Waals surface area contributed by atoms with Crippen LogP contribution in [0.4, 0.5) is 0 Å². The number of pyridine rings is 1. The smallest absolute Gasteiger partial charge is 0.258 e. The Balaban J connectivity index is 1.74. The van der Waals surface area contributed by atoms with Gasteiger partial charge in [0, 0.05) is 17.3 Å². The fourth-order valence-corrected chi connectivity index (χ4v) is 2.59. The van der Waals surface area contributed by atoms with Crippen molar-refractivity contribution < 1.29 is 9.26 Å². The molecule has 0 unspecified atom stereocenters. The number of aromatic nitrogens is 5. The first kappa shape index (κ1) is 14.4. The Labute approximate surface area is 137 Å². The third kappa shape index (κ3) is 2.30. The van der Waals surface area contributed by atoms with E-state index < -0.39 is 0 Å². The second kappa shape index (κ2) is 5.45. The Hall–Kier alpha value is -3.22. The minimum Gasteiger partial charge on any atom is -0.497 e. The molecule has 0 fully saturated rings. The second-order valence-electron chi connectivity index (χ2n) is 5.50. The van der Waals surface area contributed by atoms with Gasteiger partial charge in [-0.25, -0.2) is 0 Å². The van der Waals surface area contributed by atoms with E-state index in [-0.39, 0.29) is 0 Å². The number of benzene rings is 1. The van der Waals surface area contributed by atoms with Crippen LogP contribution in [0.1, 0.15) is 11.4 Å². The van der Waals surface area contributed by atoms with Crippen molar-refractivity contribution in [2.24, 2.45) is 0 Å². The van der Waals surface area contributed by atoms with Gasteiger partial charge in [0.25, 0.3) is 5.89 Å². The predicted octanol–water partition coefficient (Wildman–Crippen LogP) is 3.07. The summed E-state index contributed by atoms with van der Waals surface area (Å²) in [6.45, 7) is 3.88. The van der Waals surface area contributed by atoms with Gasteiger partial charge in [-0.15, -0.1) is 10.2 Å². The molecule has 0 spiro atoms. The van der Waals surface area contributed by atoms with Gasteiger partial charge in [-0.05, 0) is 49.7 Å². The van der Waals surface area contributed by atoms with Gasteiger partial charge >= 0.3 is 0 Å². The molecular formula is C17H15N5O2. The molecule has 0 aliphatic carbocycles. The summed E-state index contributed by atoms with van der Waals surface area (Å²) < 4.78 is 12.6. The Morgan fingerprint density at radius 1 is 1.08 bits per heavy atom. The highest BCUT2D eigenvalue weighted by atomic mass is 16.5. The van der Waals surface area contributed by atoms with Crippen molar-refractivity contribution in [1.29, 1.82) is 0 Å². The van der Waals surface area contributed by atoms with Crippen molar-refractivity contribution in [2.45, 2.75) is 13.8 Å². The molecule has 120 valence electrons. The van der Waals surface area contributed by atoms with Gasteiger partial charge in [-0.3, -0.25) is 4.40 Å². The van der Waals surface area contributed by atoms with Crippen molar-refractivity contribution in [3.05, 3.63) is 47.9 Å². The number of ether oxygens (including phenoxy) is 1. The van der Waals surface area contributed by atoms with Crippen LogP contribution >= 0.6 is 0 Å². The molecule has 0 saturated carbocycles. The van der Waals surface area contributed by atoms with Gasteiger partial charge < -0.3 is 9.26 Å². The largest absolute Gasteiger partial charge is 0.497 e. The highest BCUT2D eigenvalue weighted by Gasteiger charge is 2.14. The average molecular weight is 321 g/mol. The lowest BCUT2D eigenvalue weighted by atomic mass is 10.1. The maximum atomic E-state index is 5.44. The quantitative estimate of drug-likeness (QED) is 0.577. The fraction of sp³-hybridized carbons (Fsp3) is 0.176. The molecule has 1 aromatic carbocycles. The number of hydrogen-bond acceptors (Lipinski definition) is 6. The molecule has 0 aliphatic rings.